The quantitative estimate of drug-likeness (QED) is 0.478. The maximum atomic E-state index is 10.8. The molecular formula is C8H12N2O4. The molecule has 0 rings (SSSR count). The van der Waals surface area contributed by atoms with Crippen LogP contribution in [0.5, 0.6) is 0 Å². The normalized spacial score (nSPS) is 11.4. The number of nitrogens with two attached hydrogens (primary N) is 1. The second kappa shape index (κ2) is 5.74. The Morgan fingerprint density at radius 2 is 2.07 bits per heavy atom. The molecule has 0 saturated heterocycles. The standard InChI is InChI=1S/C8H12N2O4/c1-2-7(12)10-5(8(13)14)3-4-6(9)11/h2,5H,1,3-4H2,(H2,9,11)(H,10,12)(H,13,14). The summed E-state index contributed by atoms with van der Waals surface area (Å²) in [5, 5.41) is 10.8. The van der Waals surface area contributed by atoms with Gasteiger partial charge >= 0.3 is 5.97 Å². The van der Waals surface area contributed by atoms with Crippen molar-refractivity contribution in [2.75, 3.05) is 0 Å². The number of carboxylic acids is 1. The fourth-order valence-corrected chi connectivity index (χ4v) is 0.775. The molecule has 1 unspecified atom stereocenters. The number of hydrogen-bond donors (Lipinski definition) is 3. The van der Waals surface area contributed by atoms with Crippen LogP contribution in [-0.4, -0.2) is 28.9 Å². The molecule has 0 radical (unpaired) electrons. The third kappa shape index (κ3) is 4.91. The van der Waals surface area contributed by atoms with Gasteiger partial charge in [0.25, 0.3) is 0 Å². The summed E-state index contributed by atoms with van der Waals surface area (Å²) < 4.78 is 0. The van der Waals surface area contributed by atoms with Crippen LogP contribution in [0.2, 0.25) is 0 Å². The number of aliphatic carboxylic acids is 1. The summed E-state index contributed by atoms with van der Waals surface area (Å²) in [6, 6.07) is -1.10. The SMILES string of the molecule is C=CC(=O)NC(CCC(N)=O)C(=O)O. The van der Waals surface area contributed by atoms with Crippen molar-refractivity contribution >= 4 is 17.8 Å². The summed E-state index contributed by atoms with van der Waals surface area (Å²) in [5.41, 5.74) is 4.84. The van der Waals surface area contributed by atoms with Gasteiger partial charge in [-0.05, 0) is 12.5 Å². The number of hydrogen-bond acceptors (Lipinski definition) is 3. The summed E-state index contributed by atoms with van der Waals surface area (Å²) in [6.45, 7) is 3.17. The molecule has 0 aliphatic rings. The third-order valence-electron chi connectivity index (χ3n) is 1.48. The molecule has 0 aromatic heterocycles. The van der Waals surface area contributed by atoms with Crippen molar-refractivity contribution in [2.24, 2.45) is 5.73 Å². The lowest BCUT2D eigenvalue weighted by molar-refractivity contribution is -0.141. The molecule has 0 saturated carbocycles. The van der Waals surface area contributed by atoms with Crippen molar-refractivity contribution < 1.29 is 19.5 Å². The Balaban J connectivity index is 4.15. The molecule has 2 amide bonds. The van der Waals surface area contributed by atoms with Crippen LogP contribution >= 0.6 is 0 Å². The number of carboxylic acid groups (broad SMARTS) is 1. The van der Waals surface area contributed by atoms with Gasteiger partial charge < -0.3 is 16.2 Å². The second-order valence-electron chi connectivity index (χ2n) is 2.61. The summed E-state index contributed by atoms with van der Waals surface area (Å²) in [6.07, 6.45) is 0.846. The highest BCUT2D eigenvalue weighted by Crippen LogP contribution is 1.97. The van der Waals surface area contributed by atoms with Crippen molar-refractivity contribution in [3.8, 4) is 0 Å². The van der Waals surface area contributed by atoms with E-state index >= 15 is 0 Å². The van der Waals surface area contributed by atoms with E-state index < -0.39 is 23.8 Å². The lowest BCUT2D eigenvalue weighted by atomic mass is 10.1. The molecule has 0 aromatic carbocycles. The van der Waals surface area contributed by atoms with Crippen LogP contribution in [-0.2, 0) is 14.4 Å². The van der Waals surface area contributed by atoms with Gasteiger partial charge in [0.1, 0.15) is 6.04 Å². The van der Waals surface area contributed by atoms with Crippen LogP contribution in [0, 0.1) is 0 Å². The molecule has 0 aliphatic carbocycles. The summed E-state index contributed by atoms with van der Waals surface area (Å²) in [7, 11) is 0. The van der Waals surface area contributed by atoms with Crippen molar-refractivity contribution in [1.82, 2.24) is 5.32 Å². The van der Waals surface area contributed by atoms with E-state index in [0.717, 1.165) is 6.08 Å². The van der Waals surface area contributed by atoms with Gasteiger partial charge in [-0.2, -0.15) is 0 Å². The van der Waals surface area contributed by atoms with E-state index in [0.29, 0.717) is 0 Å². The van der Waals surface area contributed by atoms with Crippen molar-refractivity contribution in [3.63, 3.8) is 0 Å². The van der Waals surface area contributed by atoms with E-state index in [-0.39, 0.29) is 12.8 Å². The maximum Gasteiger partial charge on any atom is 0.326 e. The van der Waals surface area contributed by atoms with Crippen LogP contribution in [0.15, 0.2) is 12.7 Å². The zero-order valence-corrected chi connectivity index (χ0v) is 7.53. The van der Waals surface area contributed by atoms with Crippen molar-refractivity contribution in [2.45, 2.75) is 18.9 Å². The molecule has 6 nitrogen and oxygen atoms in total. The van der Waals surface area contributed by atoms with E-state index in [4.69, 9.17) is 10.8 Å². The number of amides is 2. The molecule has 14 heavy (non-hydrogen) atoms. The number of carbonyl (C=O) groups is 3. The Morgan fingerprint density at radius 3 is 2.43 bits per heavy atom. The van der Waals surface area contributed by atoms with E-state index in [1.807, 2.05) is 0 Å². The highest BCUT2D eigenvalue weighted by molar-refractivity contribution is 5.90. The summed E-state index contributed by atoms with van der Waals surface area (Å²) >= 11 is 0. The fraction of sp³-hybridized carbons (Fsp3) is 0.375. The number of carbonyl (C=O) groups excluding carboxylic acids is 2. The van der Waals surface area contributed by atoms with Gasteiger partial charge in [-0.3, -0.25) is 9.59 Å². The molecule has 78 valence electrons. The number of primary amides is 1. The highest BCUT2D eigenvalue weighted by Gasteiger charge is 2.18. The Hall–Kier alpha value is -1.85. The smallest absolute Gasteiger partial charge is 0.326 e. The van der Waals surface area contributed by atoms with Crippen LogP contribution in [0.1, 0.15) is 12.8 Å². The van der Waals surface area contributed by atoms with E-state index in [1.54, 1.807) is 0 Å². The molecule has 0 bridgehead atoms. The first kappa shape index (κ1) is 12.2. The molecule has 6 heteroatoms. The van der Waals surface area contributed by atoms with Crippen LogP contribution in [0.4, 0.5) is 0 Å². The van der Waals surface area contributed by atoms with E-state index in [1.165, 1.54) is 0 Å². The first-order chi connectivity index (χ1) is 6.47. The molecular weight excluding hydrogens is 188 g/mol. The van der Waals surface area contributed by atoms with E-state index in [9.17, 15) is 14.4 Å². The van der Waals surface area contributed by atoms with E-state index in [2.05, 4.69) is 11.9 Å². The lowest BCUT2D eigenvalue weighted by Gasteiger charge is -2.11. The minimum absolute atomic E-state index is 0.0236. The van der Waals surface area contributed by atoms with Crippen LogP contribution in [0.25, 0.3) is 0 Å². The average molecular weight is 200 g/mol. The number of rotatable bonds is 6. The minimum Gasteiger partial charge on any atom is -0.480 e. The van der Waals surface area contributed by atoms with Gasteiger partial charge in [-0.1, -0.05) is 6.58 Å². The largest absolute Gasteiger partial charge is 0.480 e. The molecule has 0 heterocycles. The molecule has 1 atom stereocenters. The van der Waals surface area contributed by atoms with Gasteiger partial charge in [0, 0.05) is 6.42 Å². The van der Waals surface area contributed by atoms with Gasteiger partial charge in [0.05, 0.1) is 0 Å². The van der Waals surface area contributed by atoms with Crippen LogP contribution in [0.3, 0.4) is 0 Å². The van der Waals surface area contributed by atoms with Gasteiger partial charge in [-0.25, -0.2) is 4.79 Å². The van der Waals surface area contributed by atoms with Gasteiger partial charge in [0.2, 0.25) is 11.8 Å². The predicted molar refractivity (Wildman–Crippen MR) is 48.2 cm³/mol. The van der Waals surface area contributed by atoms with Gasteiger partial charge in [0.15, 0.2) is 0 Å². The van der Waals surface area contributed by atoms with Crippen molar-refractivity contribution in [3.05, 3.63) is 12.7 Å². The molecule has 0 aromatic rings. The molecule has 4 N–H and O–H groups in total. The number of nitrogens with one attached hydrogen (secondary N) is 1. The van der Waals surface area contributed by atoms with Crippen molar-refractivity contribution in [1.29, 1.82) is 0 Å². The highest BCUT2D eigenvalue weighted by atomic mass is 16.4. The second-order valence-corrected chi connectivity index (χ2v) is 2.61. The van der Waals surface area contributed by atoms with Crippen LogP contribution < -0.4 is 11.1 Å². The molecule has 0 spiro atoms. The first-order valence-corrected chi connectivity index (χ1v) is 3.91. The third-order valence-corrected chi connectivity index (χ3v) is 1.48. The average Bonchev–Trinajstić information content (AvgIpc) is 2.10. The first-order valence-electron chi connectivity index (χ1n) is 3.91. The Labute approximate surface area is 80.8 Å². The Morgan fingerprint density at radius 1 is 1.50 bits per heavy atom. The monoisotopic (exact) mass is 200 g/mol. The zero-order valence-electron chi connectivity index (χ0n) is 7.53. The maximum absolute atomic E-state index is 10.8. The topological polar surface area (TPSA) is 109 Å². The Bertz CT molecular complexity index is 262. The lowest BCUT2D eigenvalue weighted by Crippen LogP contribution is -2.40. The molecule has 0 fully saturated rings. The zero-order chi connectivity index (χ0) is 11.1. The predicted octanol–water partition coefficient (Wildman–Crippen LogP) is -0.993. The summed E-state index contributed by atoms with van der Waals surface area (Å²) in [4.78, 5) is 31.7. The van der Waals surface area contributed by atoms with Gasteiger partial charge in [-0.15, -0.1) is 0 Å². The fourth-order valence-electron chi connectivity index (χ4n) is 0.775. The summed E-state index contributed by atoms with van der Waals surface area (Å²) in [5.74, 6) is -2.41. The minimum atomic E-state index is -1.21. The molecule has 0 aliphatic heterocycles. The Kier molecular flexibility index (Phi) is 4.98.